The molecule has 1 heterocycles. The van der Waals surface area contributed by atoms with Crippen molar-refractivity contribution in [1.29, 1.82) is 0 Å². The number of nitrogens with one attached hydrogen (secondary N) is 1. The molecule has 0 saturated carbocycles. The van der Waals surface area contributed by atoms with Crippen LogP contribution in [-0.4, -0.2) is 29.8 Å². The number of carbonyl (C=O) groups is 2. The smallest absolute Gasteiger partial charge is 0.244 e. The lowest BCUT2D eigenvalue weighted by Gasteiger charge is -2.17. The number of hydrogen-bond acceptors (Lipinski definition) is 2. The molecular formula is C19H19BrN2O2. The van der Waals surface area contributed by atoms with E-state index in [2.05, 4.69) is 21.2 Å². The summed E-state index contributed by atoms with van der Waals surface area (Å²) in [6.45, 7) is 2.63. The van der Waals surface area contributed by atoms with Crippen molar-refractivity contribution >= 4 is 33.4 Å². The van der Waals surface area contributed by atoms with Gasteiger partial charge in [-0.25, -0.2) is 0 Å². The molecule has 124 valence electrons. The van der Waals surface area contributed by atoms with Crippen molar-refractivity contribution in [2.45, 2.75) is 19.3 Å². The van der Waals surface area contributed by atoms with E-state index in [1.165, 1.54) is 0 Å². The number of halogens is 1. The lowest BCUT2D eigenvalue weighted by Crippen LogP contribution is -2.34. The molecule has 3 rings (SSSR count). The van der Waals surface area contributed by atoms with Gasteiger partial charge in [-0.3, -0.25) is 9.59 Å². The van der Waals surface area contributed by atoms with Gasteiger partial charge in [0.25, 0.3) is 0 Å². The van der Waals surface area contributed by atoms with E-state index < -0.39 is 0 Å². The lowest BCUT2D eigenvalue weighted by atomic mass is 9.99. The molecule has 4 nitrogen and oxygen atoms in total. The minimum absolute atomic E-state index is 0.0338. The lowest BCUT2D eigenvalue weighted by molar-refractivity contribution is -0.131. The minimum Gasteiger partial charge on any atom is -0.333 e. The van der Waals surface area contributed by atoms with E-state index >= 15 is 0 Å². The number of amides is 2. The molecule has 0 unspecified atom stereocenters. The molecule has 1 fully saturated rings. The topological polar surface area (TPSA) is 49.4 Å². The Morgan fingerprint density at radius 2 is 2.00 bits per heavy atom. The summed E-state index contributed by atoms with van der Waals surface area (Å²) in [4.78, 5) is 26.1. The second-order valence-electron chi connectivity index (χ2n) is 6.09. The van der Waals surface area contributed by atoms with E-state index in [0.717, 1.165) is 21.3 Å². The fraction of sp³-hybridized carbons (Fsp3) is 0.263. The summed E-state index contributed by atoms with van der Waals surface area (Å²) in [5.74, 6) is 0.0370. The van der Waals surface area contributed by atoms with Gasteiger partial charge in [0.1, 0.15) is 0 Å². The van der Waals surface area contributed by atoms with Crippen LogP contribution >= 0.6 is 15.9 Å². The number of anilines is 1. The fourth-order valence-electron chi connectivity index (χ4n) is 3.00. The third-order valence-corrected chi connectivity index (χ3v) is 4.78. The van der Waals surface area contributed by atoms with Crippen molar-refractivity contribution in [1.82, 2.24) is 4.90 Å². The molecular weight excluding hydrogens is 368 g/mol. The van der Waals surface area contributed by atoms with Gasteiger partial charge in [-0.1, -0.05) is 46.3 Å². The monoisotopic (exact) mass is 386 g/mol. The maximum absolute atomic E-state index is 12.3. The third kappa shape index (κ3) is 3.85. The average molecular weight is 387 g/mol. The molecule has 1 N–H and O–H groups in total. The zero-order valence-corrected chi connectivity index (χ0v) is 15.0. The van der Waals surface area contributed by atoms with Crippen molar-refractivity contribution in [2.75, 3.05) is 18.4 Å². The molecule has 1 aliphatic heterocycles. The average Bonchev–Trinajstić information content (AvgIpc) is 2.92. The zero-order valence-electron chi connectivity index (χ0n) is 13.5. The summed E-state index contributed by atoms with van der Waals surface area (Å²) in [5.41, 5.74) is 2.90. The summed E-state index contributed by atoms with van der Waals surface area (Å²) in [6, 6.07) is 15.7. The quantitative estimate of drug-likeness (QED) is 0.870. The Labute approximate surface area is 150 Å². The van der Waals surface area contributed by atoms with Gasteiger partial charge in [0.05, 0.1) is 6.54 Å². The highest BCUT2D eigenvalue weighted by molar-refractivity contribution is 9.10. The number of nitrogens with zero attached hydrogens (tertiary/aromatic N) is 1. The molecule has 2 aromatic rings. The Morgan fingerprint density at radius 3 is 2.71 bits per heavy atom. The summed E-state index contributed by atoms with van der Waals surface area (Å²) in [7, 11) is 0. The van der Waals surface area contributed by atoms with Crippen LogP contribution in [0.25, 0.3) is 0 Å². The first-order chi connectivity index (χ1) is 11.5. The largest absolute Gasteiger partial charge is 0.333 e. The number of carbonyl (C=O) groups excluding carboxylic acids is 2. The molecule has 2 amide bonds. The highest BCUT2D eigenvalue weighted by Crippen LogP contribution is 2.28. The second kappa shape index (κ2) is 7.18. The van der Waals surface area contributed by atoms with Crippen LogP contribution in [0.1, 0.15) is 23.5 Å². The number of aryl methyl sites for hydroxylation is 1. The molecule has 24 heavy (non-hydrogen) atoms. The number of hydrogen-bond donors (Lipinski definition) is 1. The predicted molar refractivity (Wildman–Crippen MR) is 97.9 cm³/mol. The predicted octanol–water partition coefficient (Wildman–Crippen LogP) is 3.71. The van der Waals surface area contributed by atoms with E-state index in [1.54, 1.807) is 4.90 Å². The van der Waals surface area contributed by atoms with Crippen molar-refractivity contribution in [3.63, 3.8) is 0 Å². The van der Waals surface area contributed by atoms with Crippen LogP contribution in [0.4, 0.5) is 5.69 Å². The maximum atomic E-state index is 12.3. The maximum Gasteiger partial charge on any atom is 0.244 e. The minimum atomic E-state index is -0.164. The summed E-state index contributed by atoms with van der Waals surface area (Å²) < 4.78 is 0.971. The van der Waals surface area contributed by atoms with Crippen LogP contribution in [0.2, 0.25) is 0 Å². The van der Waals surface area contributed by atoms with Gasteiger partial charge in [-0.2, -0.15) is 0 Å². The first kappa shape index (κ1) is 16.7. The van der Waals surface area contributed by atoms with E-state index in [-0.39, 0.29) is 24.3 Å². The van der Waals surface area contributed by atoms with Crippen molar-refractivity contribution in [2.24, 2.45) is 0 Å². The van der Waals surface area contributed by atoms with Crippen LogP contribution in [0.3, 0.4) is 0 Å². The highest BCUT2D eigenvalue weighted by atomic mass is 79.9. The van der Waals surface area contributed by atoms with Crippen LogP contribution in [0.5, 0.6) is 0 Å². The van der Waals surface area contributed by atoms with Gasteiger partial charge >= 0.3 is 0 Å². The molecule has 0 aromatic heterocycles. The van der Waals surface area contributed by atoms with E-state index in [0.29, 0.717) is 13.0 Å². The second-order valence-corrected chi connectivity index (χ2v) is 7.01. The Hall–Kier alpha value is -2.14. The summed E-state index contributed by atoms with van der Waals surface area (Å²) in [6.07, 6.45) is 0.467. The Balaban J connectivity index is 1.61. The fourth-order valence-corrected chi connectivity index (χ4v) is 3.48. The molecule has 1 saturated heterocycles. The van der Waals surface area contributed by atoms with Gasteiger partial charge in [-0.05, 0) is 36.2 Å². The summed E-state index contributed by atoms with van der Waals surface area (Å²) >= 11 is 3.40. The number of likely N-dealkylation sites (tertiary alicyclic amines) is 1. The van der Waals surface area contributed by atoms with Gasteiger partial charge in [-0.15, -0.1) is 0 Å². The SMILES string of the molecule is Cc1cc(Br)ccc1NC(=O)CN1C[C@H](c2ccccc2)CC1=O. The van der Waals surface area contributed by atoms with Gasteiger partial charge < -0.3 is 10.2 Å². The highest BCUT2D eigenvalue weighted by Gasteiger charge is 2.31. The van der Waals surface area contributed by atoms with Crippen LogP contribution < -0.4 is 5.32 Å². The van der Waals surface area contributed by atoms with Crippen LogP contribution in [0.15, 0.2) is 53.0 Å². The van der Waals surface area contributed by atoms with Crippen molar-refractivity contribution in [3.05, 3.63) is 64.1 Å². The molecule has 0 spiro atoms. The number of rotatable bonds is 4. The summed E-state index contributed by atoms with van der Waals surface area (Å²) in [5, 5.41) is 2.89. The Morgan fingerprint density at radius 1 is 1.25 bits per heavy atom. The Bertz CT molecular complexity index is 761. The molecule has 1 atom stereocenters. The first-order valence-electron chi connectivity index (χ1n) is 7.91. The third-order valence-electron chi connectivity index (χ3n) is 4.28. The van der Waals surface area contributed by atoms with Crippen molar-refractivity contribution < 1.29 is 9.59 Å². The van der Waals surface area contributed by atoms with Crippen LogP contribution in [-0.2, 0) is 9.59 Å². The normalized spacial score (nSPS) is 17.2. The van der Waals surface area contributed by atoms with Crippen LogP contribution in [0, 0.1) is 6.92 Å². The molecule has 0 bridgehead atoms. The van der Waals surface area contributed by atoms with Crippen molar-refractivity contribution in [3.8, 4) is 0 Å². The molecule has 0 radical (unpaired) electrons. The van der Waals surface area contributed by atoms with Gasteiger partial charge in [0, 0.05) is 29.0 Å². The van der Waals surface area contributed by atoms with Gasteiger partial charge in [0.2, 0.25) is 11.8 Å². The molecule has 0 aliphatic carbocycles. The molecule has 2 aromatic carbocycles. The zero-order chi connectivity index (χ0) is 17.1. The van der Waals surface area contributed by atoms with E-state index in [1.807, 2.05) is 55.5 Å². The first-order valence-corrected chi connectivity index (χ1v) is 8.71. The van der Waals surface area contributed by atoms with Gasteiger partial charge in [0.15, 0.2) is 0 Å². The Kier molecular flexibility index (Phi) is 5.00. The van der Waals surface area contributed by atoms with E-state index in [9.17, 15) is 9.59 Å². The molecule has 5 heteroatoms. The standard InChI is InChI=1S/C19H19BrN2O2/c1-13-9-16(20)7-8-17(13)21-18(23)12-22-11-15(10-19(22)24)14-5-3-2-4-6-14/h2-9,15H,10-12H2,1H3,(H,21,23)/t15-/m1/s1. The van der Waals surface area contributed by atoms with E-state index in [4.69, 9.17) is 0 Å². The number of benzene rings is 2. The molecule has 1 aliphatic rings.